The highest BCUT2D eigenvalue weighted by Gasteiger charge is 2.31. The zero-order chi connectivity index (χ0) is 35.0. The highest BCUT2D eigenvalue weighted by molar-refractivity contribution is 5.93. The number of alkyl carbamates (subject to hydrolysis) is 1. The molecule has 18 heteroatoms. The second kappa shape index (κ2) is 18.7. The van der Waals surface area contributed by atoms with Crippen LogP contribution in [0.3, 0.4) is 0 Å². The van der Waals surface area contributed by atoms with Gasteiger partial charge in [-0.25, -0.2) is 19.7 Å². The first-order valence-corrected chi connectivity index (χ1v) is 14.8. The van der Waals surface area contributed by atoms with Crippen LogP contribution < -0.4 is 27.1 Å². The van der Waals surface area contributed by atoms with Crippen molar-refractivity contribution in [2.45, 2.75) is 90.9 Å². The minimum absolute atomic E-state index is 0.0324. The molecule has 0 aliphatic carbocycles. The average Bonchev–Trinajstić information content (AvgIpc) is 3.42. The number of aromatic nitrogens is 4. The predicted molar refractivity (Wildman–Crippen MR) is 167 cm³/mol. The summed E-state index contributed by atoms with van der Waals surface area (Å²) in [6.07, 6.45) is 0.122. The van der Waals surface area contributed by atoms with Crippen molar-refractivity contribution < 1.29 is 38.2 Å². The predicted octanol–water partition coefficient (Wildman–Crippen LogP) is 0.516. The molecule has 2 aromatic rings. The normalized spacial score (nSPS) is 13.3. The number of hydrogen-bond donors (Lipinski definition) is 5. The third-order valence-corrected chi connectivity index (χ3v) is 6.15. The molecule has 2 rings (SSSR count). The van der Waals surface area contributed by atoms with Gasteiger partial charge >= 0.3 is 18.1 Å². The number of nitrogens with two attached hydrogens (primary N) is 1. The number of nitrogens with one attached hydrogen (secondary N) is 4. The topological polar surface area (TPSA) is 243 Å². The van der Waals surface area contributed by atoms with Gasteiger partial charge < -0.3 is 35.9 Å². The number of carbonyl (C=O) groups is 5. The number of rotatable bonds is 17. The number of nitrogens with zero attached hydrogens (tertiary/aromatic N) is 5. The van der Waals surface area contributed by atoms with E-state index in [0.29, 0.717) is 5.82 Å². The fourth-order valence-corrected chi connectivity index (χ4v) is 4.03. The lowest BCUT2D eigenvalue weighted by molar-refractivity contribution is -0.155. The first kappa shape index (κ1) is 38.1. The molecule has 1 heterocycles. The fourth-order valence-electron chi connectivity index (χ4n) is 4.03. The van der Waals surface area contributed by atoms with Crippen molar-refractivity contribution in [3.05, 3.63) is 41.7 Å². The second-order valence-electron chi connectivity index (χ2n) is 11.7. The number of ether oxygens (including phenoxy) is 3. The Labute approximate surface area is 272 Å². The number of carbonyl (C=O) groups excluding carboxylic acids is 5. The molecule has 1 aromatic heterocycles. The Morgan fingerprint density at radius 1 is 1.04 bits per heavy atom. The molecule has 0 unspecified atom stereocenters. The molecule has 18 nitrogen and oxygen atoms in total. The van der Waals surface area contributed by atoms with Gasteiger partial charge in [0.1, 0.15) is 31.0 Å². The smallest absolute Gasteiger partial charge is 0.408 e. The van der Waals surface area contributed by atoms with Crippen LogP contribution in [0.5, 0.6) is 0 Å². The summed E-state index contributed by atoms with van der Waals surface area (Å²) < 4.78 is 17.1. The summed E-state index contributed by atoms with van der Waals surface area (Å²) in [6.45, 7) is 8.50. The SMILES string of the molecule is COCn1nnnc1CC[C@H](NC(=O)OCc1ccccc1)C(=O)N[C@H](C(=O)N[C@H](/C=N/NC(N)=O)CC(=O)OC(C)(C)C)C(C)C. The van der Waals surface area contributed by atoms with E-state index in [9.17, 15) is 24.0 Å². The number of tetrazole rings is 1. The zero-order valence-electron chi connectivity index (χ0n) is 27.4. The number of benzene rings is 1. The quantitative estimate of drug-likeness (QED) is 0.0889. The Morgan fingerprint density at radius 2 is 1.74 bits per heavy atom. The second-order valence-corrected chi connectivity index (χ2v) is 11.7. The van der Waals surface area contributed by atoms with Crippen molar-refractivity contribution in [1.29, 1.82) is 0 Å². The van der Waals surface area contributed by atoms with Crippen LogP contribution in [0, 0.1) is 5.92 Å². The summed E-state index contributed by atoms with van der Waals surface area (Å²) in [5.41, 5.74) is 7.01. The zero-order valence-corrected chi connectivity index (χ0v) is 27.4. The Balaban J connectivity index is 2.21. The molecule has 47 heavy (non-hydrogen) atoms. The number of urea groups is 1. The van der Waals surface area contributed by atoms with E-state index in [-0.39, 0.29) is 32.6 Å². The van der Waals surface area contributed by atoms with Gasteiger partial charge in [-0.1, -0.05) is 44.2 Å². The summed E-state index contributed by atoms with van der Waals surface area (Å²) in [5.74, 6) is -2.04. The van der Waals surface area contributed by atoms with Crippen LogP contribution in [0.2, 0.25) is 0 Å². The lowest BCUT2D eigenvalue weighted by atomic mass is 10.0. The first-order valence-electron chi connectivity index (χ1n) is 14.8. The fraction of sp³-hybridized carbons (Fsp3) is 0.552. The van der Waals surface area contributed by atoms with Crippen LogP contribution in [0.15, 0.2) is 35.4 Å². The molecular formula is C29H44N10O8. The molecule has 6 N–H and O–H groups in total. The van der Waals surface area contributed by atoms with Gasteiger partial charge in [0.15, 0.2) is 5.82 Å². The minimum Gasteiger partial charge on any atom is -0.460 e. The molecule has 258 valence electrons. The standard InChI is InChI=1S/C29H44N10O8/c1-18(2)24(26(42)32-20(15-31-36-27(30)43)14-23(40)47-29(3,4)5)34-25(41)21(12-13-22-35-37-38-39(22)17-45-6)33-28(44)46-16-19-10-8-7-9-11-19/h7-11,15,18,20-21,24H,12-14,16-17H2,1-6H3,(H,32,42)(H,33,44)(H,34,41)(H3,30,36,43)/b31-15+/t20-,21-,24-/m0/s1. The molecule has 3 atom stereocenters. The van der Waals surface area contributed by atoms with Crippen LogP contribution in [-0.2, 0) is 48.4 Å². The van der Waals surface area contributed by atoms with Gasteiger partial charge in [0.2, 0.25) is 11.8 Å². The number of esters is 1. The van der Waals surface area contributed by atoms with Crippen LogP contribution in [0.4, 0.5) is 9.59 Å². The molecule has 1 aromatic carbocycles. The van der Waals surface area contributed by atoms with Crippen molar-refractivity contribution in [2.75, 3.05) is 7.11 Å². The van der Waals surface area contributed by atoms with Crippen LogP contribution >= 0.6 is 0 Å². The van der Waals surface area contributed by atoms with E-state index in [4.69, 9.17) is 19.9 Å². The molecule has 0 aliphatic rings. The summed E-state index contributed by atoms with van der Waals surface area (Å²) >= 11 is 0. The summed E-state index contributed by atoms with van der Waals surface area (Å²) in [6, 6.07) is 4.71. The molecule has 0 aliphatic heterocycles. The highest BCUT2D eigenvalue weighted by Crippen LogP contribution is 2.11. The lowest BCUT2D eigenvalue weighted by Gasteiger charge is -2.27. The number of aryl methyl sites for hydroxylation is 1. The summed E-state index contributed by atoms with van der Waals surface area (Å²) in [7, 11) is 1.47. The summed E-state index contributed by atoms with van der Waals surface area (Å²) in [4.78, 5) is 63.4. The highest BCUT2D eigenvalue weighted by atomic mass is 16.6. The first-order chi connectivity index (χ1) is 22.2. The van der Waals surface area contributed by atoms with Crippen LogP contribution in [-0.4, -0.2) is 87.2 Å². The average molecular weight is 661 g/mol. The Morgan fingerprint density at radius 3 is 2.36 bits per heavy atom. The van der Waals surface area contributed by atoms with Gasteiger partial charge in [-0.15, -0.1) is 5.10 Å². The van der Waals surface area contributed by atoms with Gasteiger partial charge in [-0.2, -0.15) is 5.10 Å². The lowest BCUT2D eigenvalue weighted by Crippen LogP contribution is -2.57. The van der Waals surface area contributed by atoms with Gasteiger partial charge in [0.05, 0.1) is 12.5 Å². The van der Waals surface area contributed by atoms with Crippen molar-refractivity contribution >= 4 is 36.1 Å². The third kappa shape index (κ3) is 14.7. The molecule has 0 saturated heterocycles. The number of hydrazone groups is 1. The van der Waals surface area contributed by atoms with Gasteiger partial charge in [-0.3, -0.25) is 14.4 Å². The maximum atomic E-state index is 13.6. The van der Waals surface area contributed by atoms with Crippen molar-refractivity contribution in [3.8, 4) is 0 Å². The number of amides is 5. The van der Waals surface area contributed by atoms with Crippen LogP contribution in [0.1, 0.15) is 58.8 Å². The maximum absolute atomic E-state index is 13.6. The molecule has 0 radical (unpaired) electrons. The van der Waals surface area contributed by atoms with Crippen molar-refractivity contribution in [3.63, 3.8) is 0 Å². The molecule has 0 saturated carbocycles. The monoisotopic (exact) mass is 660 g/mol. The van der Waals surface area contributed by atoms with E-state index in [1.807, 2.05) is 11.5 Å². The van der Waals surface area contributed by atoms with Gasteiger partial charge in [0.25, 0.3) is 0 Å². The van der Waals surface area contributed by atoms with Crippen molar-refractivity contribution in [1.82, 2.24) is 41.6 Å². The molecule has 0 bridgehead atoms. The molecule has 0 spiro atoms. The van der Waals surface area contributed by atoms with E-state index in [1.54, 1.807) is 58.9 Å². The van der Waals surface area contributed by atoms with E-state index in [1.165, 1.54) is 11.8 Å². The van der Waals surface area contributed by atoms with Crippen LogP contribution in [0.25, 0.3) is 0 Å². The van der Waals surface area contributed by atoms with E-state index in [2.05, 4.69) is 36.6 Å². The largest absolute Gasteiger partial charge is 0.460 e. The molecular weight excluding hydrogens is 616 g/mol. The minimum atomic E-state index is -1.17. The number of methoxy groups -OCH3 is 1. The Kier molecular flexibility index (Phi) is 15.2. The number of hydrogen-bond acceptors (Lipinski definition) is 12. The molecule has 5 amide bonds. The van der Waals surface area contributed by atoms with Gasteiger partial charge in [0, 0.05) is 19.7 Å². The van der Waals surface area contributed by atoms with E-state index in [0.717, 1.165) is 11.8 Å². The third-order valence-electron chi connectivity index (χ3n) is 6.15. The van der Waals surface area contributed by atoms with E-state index < -0.39 is 59.6 Å². The number of primary amides is 1. The van der Waals surface area contributed by atoms with Crippen molar-refractivity contribution in [2.24, 2.45) is 16.8 Å². The molecule has 0 fully saturated rings. The maximum Gasteiger partial charge on any atom is 0.408 e. The van der Waals surface area contributed by atoms with Gasteiger partial charge in [-0.05, 0) is 49.1 Å². The Bertz CT molecular complexity index is 1360. The Hall–Kier alpha value is -5.13. The summed E-state index contributed by atoms with van der Waals surface area (Å²) in [5, 5.41) is 23.0. The van der Waals surface area contributed by atoms with E-state index >= 15 is 0 Å².